The van der Waals surface area contributed by atoms with Crippen LogP contribution in [0.1, 0.15) is 10.5 Å². The first-order valence-corrected chi connectivity index (χ1v) is 4.23. The summed E-state index contributed by atoms with van der Waals surface area (Å²) < 4.78 is 1.65. The zero-order valence-corrected chi connectivity index (χ0v) is 7.21. The largest absolute Gasteiger partial charge is 0.295 e. The third kappa shape index (κ3) is 0.834. The third-order valence-electron chi connectivity index (χ3n) is 2.21. The van der Waals surface area contributed by atoms with Gasteiger partial charge in [0.25, 0.3) is 5.91 Å². The van der Waals surface area contributed by atoms with Crippen LogP contribution in [0.5, 0.6) is 0 Å². The van der Waals surface area contributed by atoms with Gasteiger partial charge in [0.2, 0.25) is 0 Å². The number of amides is 1. The molecule has 1 amide bonds. The van der Waals surface area contributed by atoms with E-state index < -0.39 is 0 Å². The fourth-order valence-electron chi connectivity index (χ4n) is 1.60. The molecule has 0 N–H and O–H groups in total. The van der Waals surface area contributed by atoms with E-state index in [1.54, 1.807) is 29.4 Å². The van der Waals surface area contributed by atoms with E-state index in [1.165, 1.54) is 0 Å². The van der Waals surface area contributed by atoms with Crippen molar-refractivity contribution in [3.8, 4) is 0 Å². The predicted molar refractivity (Wildman–Crippen MR) is 50.4 cm³/mol. The van der Waals surface area contributed by atoms with Crippen LogP contribution in [-0.2, 0) is 6.54 Å². The number of hydrogen-bond donors (Lipinski definition) is 0. The van der Waals surface area contributed by atoms with Gasteiger partial charge in [0.1, 0.15) is 5.69 Å². The Balaban J connectivity index is 2.42. The van der Waals surface area contributed by atoms with Crippen molar-refractivity contribution in [1.82, 2.24) is 14.8 Å². The van der Waals surface area contributed by atoms with Crippen LogP contribution in [0.15, 0.2) is 23.5 Å². The molecule has 0 fully saturated rings. The topological polar surface area (TPSA) is 60.1 Å². The van der Waals surface area contributed by atoms with E-state index in [0.29, 0.717) is 12.2 Å². The Morgan fingerprint density at radius 1 is 1.43 bits per heavy atom. The zero-order valence-electron chi connectivity index (χ0n) is 7.21. The summed E-state index contributed by atoms with van der Waals surface area (Å²) in [5.74, 6) is -0.244. The maximum Gasteiger partial charge on any atom is 0.295 e. The fraction of sp³-hybridized carbons (Fsp3) is 0.111. The molecule has 0 unspecified atom stereocenters. The Morgan fingerprint density at radius 2 is 2.36 bits per heavy atom. The summed E-state index contributed by atoms with van der Waals surface area (Å²) in [6.07, 6.45) is 4.87. The van der Waals surface area contributed by atoms with Gasteiger partial charge in [-0.15, -0.1) is 0 Å². The fourth-order valence-corrected chi connectivity index (χ4v) is 1.60. The molecule has 68 valence electrons. The SMILES string of the molecule is O=C1N=CCn2nc3ccncc3c21. The Kier molecular flexibility index (Phi) is 1.30. The van der Waals surface area contributed by atoms with Gasteiger partial charge in [-0.2, -0.15) is 5.10 Å². The summed E-state index contributed by atoms with van der Waals surface area (Å²) in [5.41, 5.74) is 1.32. The summed E-state index contributed by atoms with van der Waals surface area (Å²) in [5, 5.41) is 5.04. The van der Waals surface area contributed by atoms with Crippen LogP contribution in [0.3, 0.4) is 0 Å². The highest BCUT2D eigenvalue weighted by atomic mass is 16.1. The van der Waals surface area contributed by atoms with Gasteiger partial charge in [0.15, 0.2) is 0 Å². The van der Waals surface area contributed by atoms with Crippen molar-refractivity contribution in [3.63, 3.8) is 0 Å². The number of aliphatic imine (C=N–C) groups is 1. The van der Waals surface area contributed by atoms with Gasteiger partial charge >= 0.3 is 0 Å². The maximum atomic E-state index is 11.5. The molecule has 2 aromatic heterocycles. The summed E-state index contributed by atoms with van der Waals surface area (Å²) in [4.78, 5) is 19.2. The van der Waals surface area contributed by atoms with E-state index in [0.717, 1.165) is 10.9 Å². The molecule has 0 aliphatic carbocycles. The molecular weight excluding hydrogens is 180 g/mol. The Bertz CT molecular complexity index is 555. The molecule has 0 atom stereocenters. The number of rotatable bonds is 0. The molecule has 0 spiro atoms. The summed E-state index contributed by atoms with van der Waals surface area (Å²) in [7, 11) is 0. The van der Waals surface area contributed by atoms with Gasteiger partial charge in [-0.1, -0.05) is 0 Å². The number of aromatic nitrogens is 3. The maximum absolute atomic E-state index is 11.5. The zero-order chi connectivity index (χ0) is 9.54. The molecule has 3 heterocycles. The van der Waals surface area contributed by atoms with Crippen molar-refractivity contribution in [2.45, 2.75) is 6.54 Å². The standard InChI is InChI=1S/C9H6N4O/c14-9-8-6-5-10-2-1-7(6)12-13(8)4-3-11-9/h1-3,5H,4H2. The highest BCUT2D eigenvalue weighted by molar-refractivity contribution is 6.08. The number of pyridine rings is 1. The monoisotopic (exact) mass is 186 g/mol. The Hall–Kier alpha value is -2.04. The number of nitrogens with zero attached hydrogens (tertiary/aromatic N) is 4. The number of hydrogen-bond acceptors (Lipinski definition) is 3. The van der Waals surface area contributed by atoms with E-state index in [-0.39, 0.29) is 5.91 Å². The van der Waals surface area contributed by atoms with Crippen LogP contribution < -0.4 is 0 Å². The predicted octanol–water partition coefficient (Wildman–Crippen LogP) is 0.656. The lowest BCUT2D eigenvalue weighted by atomic mass is 10.2. The van der Waals surface area contributed by atoms with Gasteiger partial charge in [-0.05, 0) is 6.07 Å². The first kappa shape index (κ1) is 7.37. The first-order valence-electron chi connectivity index (χ1n) is 4.23. The van der Waals surface area contributed by atoms with Gasteiger partial charge < -0.3 is 0 Å². The smallest absolute Gasteiger partial charge is 0.265 e. The number of carbonyl (C=O) groups is 1. The molecule has 0 saturated heterocycles. The lowest BCUT2D eigenvalue weighted by Crippen LogP contribution is -2.15. The van der Waals surface area contributed by atoms with Crippen LogP contribution in [0.2, 0.25) is 0 Å². The second kappa shape index (κ2) is 2.47. The average molecular weight is 186 g/mol. The highest BCUT2D eigenvalue weighted by Gasteiger charge is 2.19. The number of fused-ring (bicyclic) bond motifs is 3. The van der Waals surface area contributed by atoms with Crippen molar-refractivity contribution in [3.05, 3.63) is 24.2 Å². The van der Waals surface area contributed by atoms with Crippen LogP contribution in [0.4, 0.5) is 0 Å². The van der Waals surface area contributed by atoms with Gasteiger partial charge in [-0.25, -0.2) is 4.99 Å². The Morgan fingerprint density at radius 3 is 3.29 bits per heavy atom. The van der Waals surface area contributed by atoms with Crippen LogP contribution in [0, 0.1) is 0 Å². The van der Waals surface area contributed by atoms with Crippen molar-refractivity contribution >= 4 is 23.0 Å². The number of carbonyl (C=O) groups excluding carboxylic acids is 1. The molecule has 0 radical (unpaired) electrons. The lowest BCUT2D eigenvalue weighted by molar-refractivity contribution is 0.0991. The Labute approximate surface area is 79.1 Å². The summed E-state index contributed by atoms with van der Waals surface area (Å²) in [6.45, 7) is 0.551. The molecule has 14 heavy (non-hydrogen) atoms. The van der Waals surface area contributed by atoms with E-state index in [1.807, 2.05) is 0 Å². The quantitative estimate of drug-likeness (QED) is 0.607. The van der Waals surface area contributed by atoms with Crippen LogP contribution in [-0.4, -0.2) is 26.9 Å². The third-order valence-corrected chi connectivity index (χ3v) is 2.21. The van der Waals surface area contributed by atoms with E-state index in [2.05, 4.69) is 15.1 Å². The van der Waals surface area contributed by atoms with Crippen LogP contribution in [0.25, 0.3) is 10.9 Å². The van der Waals surface area contributed by atoms with Crippen molar-refractivity contribution < 1.29 is 4.79 Å². The molecule has 5 nitrogen and oxygen atoms in total. The molecule has 1 aliphatic rings. The second-order valence-corrected chi connectivity index (χ2v) is 3.04. The normalized spacial score (nSPS) is 14.7. The minimum atomic E-state index is -0.244. The van der Waals surface area contributed by atoms with Crippen LogP contribution >= 0.6 is 0 Å². The molecule has 5 heteroatoms. The molecular formula is C9H6N4O. The summed E-state index contributed by atoms with van der Waals surface area (Å²) >= 11 is 0. The van der Waals surface area contributed by atoms with Crippen molar-refractivity contribution in [2.75, 3.05) is 0 Å². The minimum absolute atomic E-state index is 0.244. The van der Waals surface area contributed by atoms with Gasteiger partial charge in [-0.3, -0.25) is 14.5 Å². The van der Waals surface area contributed by atoms with Crippen molar-refractivity contribution in [1.29, 1.82) is 0 Å². The highest BCUT2D eigenvalue weighted by Crippen LogP contribution is 2.19. The van der Waals surface area contributed by atoms with Crippen molar-refractivity contribution in [2.24, 2.45) is 4.99 Å². The molecule has 2 aromatic rings. The molecule has 1 aliphatic heterocycles. The van der Waals surface area contributed by atoms with Gasteiger partial charge in [0, 0.05) is 18.6 Å². The molecule has 0 bridgehead atoms. The summed E-state index contributed by atoms with van der Waals surface area (Å²) in [6, 6.07) is 1.79. The lowest BCUT2D eigenvalue weighted by Gasteiger charge is -2.04. The molecule has 0 saturated carbocycles. The molecule has 0 aromatic carbocycles. The average Bonchev–Trinajstić information content (AvgIpc) is 2.57. The first-order chi connectivity index (χ1) is 6.86. The van der Waals surface area contributed by atoms with Gasteiger partial charge in [0.05, 0.1) is 17.4 Å². The van der Waals surface area contributed by atoms with E-state index >= 15 is 0 Å². The van der Waals surface area contributed by atoms with E-state index in [9.17, 15) is 4.79 Å². The molecule has 3 rings (SSSR count). The van der Waals surface area contributed by atoms with E-state index in [4.69, 9.17) is 0 Å². The minimum Gasteiger partial charge on any atom is -0.265 e. The second-order valence-electron chi connectivity index (χ2n) is 3.04.